The summed E-state index contributed by atoms with van der Waals surface area (Å²) in [6.45, 7) is 4.80. The quantitative estimate of drug-likeness (QED) is 0.309. The molecule has 0 N–H and O–H groups in total. The van der Waals surface area contributed by atoms with Gasteiger partial charge in [-0.1, -0.05) is 42.8 Å². The first-order valence-corrected chi connectivity index (χ1v) is 12.3. The number of halogens is 1. The van der Waals surface area contributed by atoms with Crippen molar-refractivity contribution in [2.75, 3.05) is 19.8 Å². The van der Waals surface area contributed by atoms with Crippen LogP contribution in [-0.4, -0.2) is 42.4 Å². The van der Waals surface area contributed by atoms with Gasteiger partial charge in [0.2, 0.25) is 11.8 Å². The van der Waals surface area contributed by atoms with Gasteiger partial charge in [-0.2, -0.15) is 0 Å². The summed E-state index contributed by atoms with van der Waals surface area (Å²) < 4.78 is 11.1. The minimum atomic E-state index is -0.199. The fraction of sp³-hybridized carbons (Fsp3) is 0.444. The predicted molar refractivity (Wildman–Crippen MR) is 131 cm³/mol. The zero-order chi connectivity index (χ0) is 24.5. The van der Waals surface area contributed by atoms with Crippen molar-refractivity contribution in [2.24, 2.45) is 0 Å². The Morgan fingerprint density at radius 2 is 1.76 bits per heavy atom. The van der Waals surface area contributed by atoms with Crippen molar-refractivity contribution in [3.05, 3.63) is 64.2 Å². The van der Waals surface area contributed by atoms with Gasteiger partial charge in [-0.25, -0.2) is 0 Å². The summed E-state index contributed by atoms with van der Waals surface area (Å²) in [6.07, 6.45) is 3.31. The van der Waals surface area contributed by atoms with Crippen molar-refractivity contribution in [1.82, 2.24) is 4.90 Å². The number of imide groups is 1. The first kappa shape index (κ1) is 25.8. The smallest absolute Gasteiger partial charge is 0.306 e. The lowest BCUT2D eigenvalue weighted by atomic mass is 9.89. The summed E-state index contributed by atoms with van der Waals surface area (Å²) in [5.74, 6) is 0.352. The van der Waals surface area contributed by atoms with Gasteiger partial charge in [-0.15, -0.1) is 0 Å². The average Bonchev–Trinajstić information content (AvgIpc) is 3.15. The van der Waals surface area contributed by atoms with Crippen LogP contribution in [0.15, 0.2) is 42.5 Å². The minimum absolute atomic E-state index is 0.0351. The molecular weight excluding hydrogens is 454 g/mol. The average molecular weight is 486 g/mol. The molecule has 7 heteroatoms. The van der Waals surface area contributed by atoms with Crippen LogP contribution in [0.3, 0.4) is 0 Å². The maximum atomic E-state index is 12.2. The third-order valence-electron chi connectivity index (χ3n) is 6.07. The third-order valence-corrected chi connectivity index (χ3v) is 6.33. The van der Waals surface area contributed by atoms with Gasteiger partial charge in [0.05, 0.1) is 19.6 Å². The highest BCUT2D eigenvalue weighted by atomic mass is 35.5. The van der Waals surface area contributed by atoms with Crippen LogP contribution in [-0.2, 0) is 32.0 Å². The molecule has 0 saturated carbocycles. The Bertz CT molecular complexity index is 989. The molecule has 2 amide bonds. The van der Waals surface area contributed by atoms with Gasteiger partial charge in [0.1, 0.15) is 12.4 Å². The molecule has 1 saturated heterocycles. The molecule has 0 aliphatic carbocycles. The normalized spacial score (nSPS) is 14.4. The summed E-state index contributed by atoms with van der Waals surface area (Å²) in [5.41, 5.74) is 3.31. The van der Waals surface area contributed by atoms with Crippen LogP contribution < -0.4 is 4.74 Å². The van der Waals surface area contributed by atoms with Gasteiger partial charge >= 0.3 is 5.97 Å². The van der Waals surface area contributed by atoms with E-state index in [0.29, 0.717) is 30.9 Å². The summed E-state index contributed by atoms with van der Waals surface area (Å²) in [5, 5.41) is 0.667. The van der Waals surface area contributed by atoms with Gasteiger partial charge in [-0.05, 0) is 67.0 Å². The summed E-state index contributed by atoms with van der Waals surface area (Å²) >= 11 is 6.04. The van der Waals surface area contributed by atoms with Gasteiger partial charge in [-0.3, -0.25) is 19.3 Å². The number of aryl methyl sites for hydroxylation is 2. The molecule has 1 heterocycles. The molecule has 0 bridgehead atoms. The van der Waals surface area contributed by atoms with Gasteiger partial charge in [0.15, 0.2) is 0 Å². The van der Waals surface area contributed by atoms with E-state index in [9.17, 15) is 14.4 Å². The lowest BCUT2D eigenvalue weighted by Gasteiger charge is -2.18. The Kier molecular flexibility index (Phi) is 9.52. The van der Waals surface area contributed by atoms with E-state index in [-0.39, 0.29) is 36.9 Å². The maximum absolute atomic E-state index is 12.2. The fourth-order valence-corrected chi connectivity index (χ4v) is 4.33. The van der Waals surface area contributed by atoms with Crippen molar-refractivity contribution in [1.29, 1.82) is 0 Å². The Hall–Kier alpha value is -2.86. The largest absolute Gasteiger partial charge is 0.491 e. The molecule has 1 fully saturated rings. The first-order chi connectivity index (χ1) is 16.4. The number of likely N-dealkylation sites (tertiary alicyclic amines) is 1. The van der Waals surface area contributed by atoms with E-state index in [2.05, 4.69) is 13.0 Å². The Balaban J connectivity index is 1.62. The predicted octanol–water partition coefficient (Wildman–Crippen LogP) is 5.10. The number of carbonyl (C=O) groups excluding carboxylic acids is 3. The molecule has 1 aliphatic rings. The summed E-state index contributed by atoms with van der Waals surface area (Å²) in [6, 6.07) is 13.7. The molecular formula is C27H32ClNO5. The van der Waals surface area contributed by atoms with E-state index in [1.807, 2.05) is 43.3 Å². The van der Waals surface area contributed by atoms with E-state index >= 15 is 0 Å². The first-order valence-electron chi connectivity index (χ1n) is 11.9. The molecule has 34 heavy (non-hydrogen) atoms. The number of amides is 2. The highest BCUT2D eigenvalue weighted by molar-refractivity contribution is 6.30. The lowest BCUT2D eigenvalue weighted by molar-refractivity contribution is -0.143. The van der Waals surface area contributed by atoms with Crippen molar-refractivity contribution < 1.29 is 23.9 Å². The number of carbonyl (C=O) groups is 3. The Labute approximate surface area is 206 Å². The second kappa shape index (κ2) is 12.6. The number of nitrogens with zero attached hydrogens (tertiary/aromatic N) is 1. The van der Waals surface area contributed by atoms with Crippen LogP contribution in [0, 0.1) is 0 Å². The van der Waals surface area contributed by atoms with Crippen LogP contribution >= 0.6 is 11.6 Å². The van der Waals surface area contributed by atoms with Crippen LogP contribution in [0.25, 0.3) is 0 Å². The van der Waals surface area contributed by atoms with Crippen molar-refractivity contribution in [3.63, 3.8) is 0 Å². The second-order valence-corrected chi connectivity index (χ2v) is 8.82. The molecule has 0 spiro atoms. The van der Waals surface area contributed by atoms with E-state index in [1.165, 1.54) is 4.90 Å². The third kappa shape index (κ3) is 7.07. The highest BCUT2D eigenvalue weighted by Gasteiger charge is 2.28. The van der Waals surface area contributed by atoms with E-state index in [0.717, 1.165) is 41.7 Å². The monoisotopic (exact) mass is 485 g/mol. The number of hydrogen-bond acceptors (Lipinski definition) is 5. The van der Waals surface area contributed by atoms with Gasteiger partial charge in [0, 0.05) is 17.9 Å². The van der Waals surface area contributed by atoms with Crippen molar-refractivity contribution in [3.8, 4) is 5.75 Å². The van der Waals surface area contributed by atoms with Gasteiger partial charge < -0.3 is 9.47 Å². The molecule has 3 rings (SSSR count). The van der Waals surface area contributed by atoms with E-state index in [1.54, 1.807) is 0 Å². The summed E-state index contributed by atoms with van der Waals surface area (Å²) in [7, 11) is 0. The molecule has 182 valence electrons. The van der Waals surface area contributed by atoms with Gasteiger partial charge in [0.25, 0.3) is 0 Å². The number of rotatable bonds is 12. The lowest BCUT2D eigenvalue weighted by Crippen LogP contribution is -2.33. The van der Waals surface area contributed by atoms with E-state index < -0.39 is 0 Å². The van der Waals surface area contributed by atoms with Crippen LogP contribution in [0.4, 0.5) is 0 Å². The highest BCUT2D eigenvalue weighted by Crippen LogP contribution is 2.29. The van der Waals surface area contributed by atoms with Crippen LogP contribution in [0.1, 0.15) is 62.1 Å². The van der Waals surface area contributed by atoms with E-state index in [4.69, 9.17) is 21.1 Å². The molecule has 6 nitrogen and oxygen atoms in total. The molecule has 0 radical (unpaired) electrons. The maximum Gasteiger partial charge on any atom is 0.306 e. The zero-order valence-corrected chi connectivity index (χ0v) is 20.6. The van der Waals surface area contributed by atoms with Crippen molar-refractivity contribution in [2.45, 2.75) is 58.3 Å². The molecule has 0 aromatic heterocycles. The Morgan fingerprint density at radius 1 is 1.06 bits per heavy atom. The molecule has 1 unspecified atom stereocenters. The zero-order valence-electron chi connectivity index (χ0n) is 19.8. The number of ether oxygens (including phenoxy) is 2. The molecule has 2 aromatic carbocycles. The molecule has 1 atom stereocenters. The Morgan fingerprint density at radius 3 is 2.41 bits per heavy atom. The SMILES string of the molecule is CCOC(=O)CC(CCc1ccc(OCCN2C(=O)CCC2=O)c(CC)c1)c1ccc(Cl)cc1. The fourth-order valence-electron chi connectivity index (χ4n) is 4.21. The van der Waals surface area contributed by atoms with Crippen molar-refractivity contribution >= 4 is 29.4 Å². The summed E-state index contributed by atoms with van der Waals surface area (Å²) in [4.78, 5) is 37.0. The number of esters is 1. The molecule has 1 aliphatic heterocycles. The second-order valence-electron chi connectivity index (χ2n) is 8.38. The standard InChI is InChI=1S/C27H32ClNO5/c1-3-20-17-19(6-12-24(20)34-16-15-29-25(30)13-14-26(29)31)5-7-22(18-27(32)33-4-2)21-8-10-23(28)11-9-21/h6,8-12,17,22H,3-5,7,13-16,18H2,1-2H3. The number of benzene rings is 2. The van der Waals surface area contributed by atoms with Crippen LogP contribution in [0.2, 0.25) is 5.02 Å². The minimum Gasteiger partial charge on any atom is -0.491 e. The molecule has 2 aromatic rings. The number of hydrogen-bond donors (Lipinski definition) is 0. The topological polar surface area (TPSA) is 72.9 Å². The van der Waals surface area contributed by atoms with Crippen LogP contribution in [0.5, 0.6) is 5.75 Å².